The number of amides is 2. The number of pyridine rings is 1. The zero-order chi connectivity index (χ0) is 21.8. The number of primary amides is 1. The van der Waals surface area contributed by atoms with Crippen LogP contribution in [0.25, 0.3) is 5.65 Å². The molecule has 7 nitrogen and oxygen atoms in total. The molecule has 0 radical (unpaired) electrons. The molecule has 0 saturated heterocycles. The van der Waals surface area contributed by atoms with E-state index in [-0.39, 0.29) is 5.91 Å². The molecule has 2 heterocycles. The van der Waals surface area contributed by atoms with Crippen molar-refractivity contribution in [3.05, 3.63) is 71.2 Å². The van der Waals surface area contributed by atoms with Gasteiger partial charge in [0.05, 0.1) is 11.7 Å². The lowest BCUT2D eigenvalue weighted by Gasteiger charge is -2.23. The minimum Gasteiger partial charge on any atom is -0.368 e. The molecule has 0 fully saturated rings. The standard InChI is InChI=1S/C23H29N5O2/c1-16-9-8-13-28-19(15-27(4)17(2)21(24)29)20(25-22(16)28)23(30)26(3)14-12-18-10-6-5-7-11-18/h5-11,13,17H,12,14-15H2,1-4H3,(H2,24,29)/t17-/m1/s1. The summed E-state index contributed by atoms with van der Waals surface area (Å²) in [5.41, 5.74) is 9.53. The SMILES string of the molecule is Cc1cccn2c(CN(C)[C@H](C)C(N)=O)c(C(=O)N(C)CCc3ccccc3)nc12. The van der Waals surface area contributed by atoms with Crippen molar-refractivity contribution in [2.24, 2.45) is 5.73 Å². The van der Waals surface area contributed by atoms with E-state index < -0.39 is 11.9 Å². The maximum Gasteiger partial charge on any atom is 0.274 e. The van der Waals surface area contributed by atoms with E-state index in [4.69, 9.17) is 5.73 Å². The molecule has 0 aliphatic heterocycles. The second kappa shape index (κ2) is 9.09. The van der Waals surface area contributed by atoms with Gasteiger partial charge in [0.25, 0.3) is 5.91 Å². The average molecular weight is 408 g/mol. The van der Waals surface area contributed by atoms with Crippen LogP contribution in [0.1, 0.15) is 34.2 Å². The van der Waals surface area contributed by atoms with E-state index in [1.54, 1.807) is 18.9 Å². The molecule has 0 bridgehead atoms. The van der Waals surface area contributed by atoms with E-state index >= 15 is 0 Å². The summed E-state index contributed by atoms with van der Waals surface area (Å²) in [7, 11) is 3.61. The van der Waals surface area contributed by atoms with Crippen molar-refractivity contribution in [1.29, 1.82) is 0 Å². The van der Waals surface area contributed by atoms with Crippen LogP contribution in [-0.4, -0.2) is 57.7 Å². The molecule has 2 aromatic heterocycles. The van der Waals surface area contributed by atoms with Crippen LogP contribution in [0.2, 0.25) is 0 Å². The molecule has 7 heteroatoms. The van der Waals surface area contributed by atoms with Gasteiger partial charge in [0.2, 0.25) is 5.91 Å². The fraction of sp³-hybridized carbons (Fsp3) is 0.348. The van der Waals surface area contributed by atoms with Crippen LogP contribution in [0, 0.1) is 6.92 Å². The summed E-state index contributed by atoms with van der Waals surface area (Å²) in [6.07, 6.45) is 2.66. The second-order valence-electron chi connectivity index (χ2n) is 7.75. The lowest BCUT2D eigenvalue weighted by Crippen LogP contribution is -2.40. The first-order chi connectivity index (χ1) is 14.3. The Bertz CT molecular complexity index is 1040. The van der Waals surface area contributed by atoms with E-state index in [9.17, 15) is 9.59 Å². The Kier molecular flexibility index (Phi) is 6.52. The number of hydrogen-bond donors (Lipinski definition) is 1. The van der Waals surface area contributed by atoms with Gasteiger partial charge < -0.3 is 15.0 Å². The number of nitrogens with two attached hydrogens (primary N) is 1. The number of hydrogen-bond acceptors (Lipinski definition) is 4. The molecule has 2 N–H and O–H groups in total. The first kappa shape index (κ1) is 21.5. The summed E-state index contributed by atoms with van der Waals surface area (Å²) in [6.45, 7) is 4.69. The minimum absolute atomic E-state index is 0.135. The summed E-state index contributed by atoms with van der Waals surface area (Å²) in [5.74, 6) is -0.542. The molecule has 2 amide bonds. The number of carbonyl (C=O) groups is 2. The molecular weight excluding hydrogens is 378 g/mol. The van der Waals surface area contributed by atoms with E-state index in [1.807, 2.05) is 59.8 Å². The van der Waals surface area contributed by atoms with Gasteiger partial charge in [-0.05, 0) is 44.5 Å². The number of imidazole rings is 1. The predicted molar refractivity (Wildman–Crippen MR) is 117 cm³/mol. The van der Waals surface area contributed by atoms with Crippen LogP contribution in [0.15, 0.2) is 48.7 Å². The van der Waals surface area contributed by atoms with Gasteiger partial charge in [-0.25, -0.2) is 4.98 Å². The first-order valence-electron chi connectivity index (χ1n) is 10.0. The molecule has 1 atom stereocenters. The molecule has 0 saturated carbocycles. The third kappa shape index (κ3) is 4.52. The summed E-state index contributed by atoms with van der Waals surface area (Å²) >= 11 is 0. The van der Waals surface area contributed by atoms with E-state index in [2.05, 4.69) is 17.1 Å². The monoisotopic (exact) mass is 407 g/mol. The molecule has 3 aromatic rings. The first-order valence-corrected chi connectivity index (χ1v) is 10.0. The minimum atomic E-state index is -0.459. The molecule has 0 aliphatic rings. The van der Waals surface area contributed by atoms with Crippen molar-refractivity contribution >= 4 is 17.5 Å². The Labute approximate surface area is 177 Å². The Morgan fingerprint density at radius 3 is 2.50 bits per heavy atom. The number of likely N-dealkylation sites (N-methyl/N-ethyl adjacent to an activating group) is 2. The molecule has 3 rings (SSSR count). The van der Waals surface area contributed by atoms with Crippen molar-refractivity contribution < 1.29 is 9.59 Å². The molecular formula is C23H29N5O2. The van der Waals surface area contributed by atoms with Crippen molar-refractivity contribution in [3.63, 3.8) is 0 Å². The second-order valence-corrected chi connectivity index (χ2v) is 7.75. The van der Waals surface area contributed by atoms with Gasteiger partial charge >= 0.3 is 0 Å². The van der Waals surface area contributed by atoms with E-state index in [0.29, 0.717) is 18.8 Å². The zero-order valence-corrected chi connectivity index (χ0v) is 18.0. The molecule has 0 unspecified atom stereocenters. The third-order valence-electron chi connectivity index (χ3n) is 5.54. The van der Waals surface area contributed by atoms with Crippen molar-refractivity contribution in [2.75, 3.05) is 20.6 Å². The summed E-state index contributed by atoms with van der Waals surface area (Å²) in [6, 6.07) is 13.5. The van der Waals surface area contributed by atoms with Gasteiger partial charge in [0.15, 0.2) is 5.69 Å². The third-order valence-corrected chi connectivity index (χ3v) is 5.54. The van der Waals surface area contributed by atoms with Crippen LogP contribution in [0.3, 0.4) is 0 Å². The molecule has 1 aromatic carbocycles. The van der Waals surface area contributed by atoms with Crippen LogP contribution >= 0.6 is 0 Å². The highest BCUT2D eigenvalue weighted by molar-refractivity contribution is 5.94. The van der Waals surface area contributed by atoms with Crippen LogP contribution in [-0.2, 0) is 17.8 Å². The Morgan fingerprint density at radius 1 is 1.13 bits per heavy atom. The van der Waals surface area contributed by atoms with Crippen molar-refractivity contribution in [1.82, 2.24) is 19.2 Å². The molecule has 158 valence electrons. The predicted octanol–water partition coefficient (Wildman–Crippen LogP) is 2.26. The number of fused-ring (bicyclic) bond motifs is 1. The maximum absolute atomic E-state index is 13.3. The Balaban J connectivity index is 1.90. The van der Waals surface area contributed by atoms with Crippen molar-refractivity contribution in [3.8, 4) is 0 Å². The van der Waals surface area contributed by atoms with E-state index in [1.165, 1.54) is 5.56 Å². The largest absolute Gasteiger partial charge is 0.368 e. The van der Waals surface area contributed by atoms with Crippen LogP contribution < -0.4 is 5.73 Å². The number of rotatable bonds is 8. The number of aromatic nitrogens is 2. The maximum atomic E-state index is 13.3. The number of nitrogens with zero attached hydrogens (tertiary/aromatic N) is 4. The molecule has 0 aliphatic carbocycles. The highest BCUT2D eigenvalue weighted by Gasteiger charge is 2.25. The highest BCUT2D eigenvalue weighted by Crippen LogP contribution is 2.20. The van der Waals surface area contributed by atoms with E-state index in [0.717, 1.165) is 23.3 Å². The van der Waals surface area contributed by atoms with Gasteiger partial charge in [-0.15, -0.1) is 0 Å². The molecule has 30 heavy (non-hydrogen) atoms. The van der Waals surface area contributed by atoms with Crippen molar-refractivity contribution in [2.45, 2.75) is 32.9 Å². The fourth-order valence-corrected chi connectivity index (χ4v) is 3.39. The zero-order valence-electron chi connectivity index (χ0n) is 18.0. The fourth-order valence-electron chi connectivity index (χ4n) is 3.39. The summed E-state index contributed by atoms with van der Waals surface area (Å²) in [5, 5.41) is 0. The summed E-state index contributed by atoms with van der Waals surface area (Å²) in [4.78, 5) is 33.1. The highest BCUT2D eigenvalue weighted by atomic mass is 16.2. The Hall–Kier alpha value is -3.19. The normalized spacial score (nSPS) is 12.3. The van der Waals surface area contributed by atoms with Crippen LogP contribution in [0.4, 0.5) is 0 Å². The Morgan fingerprint density at radius 2 is 1.83 bits per heavy atom. The number of benzene rings is 1. The number of carbonyl (C=O) groups excluding carboxylic acids is 2. The summed E-state index contributed by atoms with van der Waals surface area (Å²) < 4.78 is 1.93. The van der Waals surface area contributed by atoms with Crippen LogP contribution in [0.5, 0.6) is 0 Å². The van der Waals surface area contributed by atoms with Gasteiger partial charge in [-0.1, -0.05) is 36.4 Å². The molecule has 0 spiro atoms. The topological polar surface area (TPSA) is 83.9 Å². The van der Waals surface area contributed by atoms with Gasteiger partial charge in [-0.2, -0.15) is 0 Å². The van der Waals surface area contributed by atoms with Gasteiger partial charge in [-0.3, -0.25) is 14.5 Å². The lowest BCUT2D eigenvalue weighted by molar-refractivity contribution is -0.122. The quantitative estimate of drug-likeness (QED) is 0.621. The number of aryl methyl sites for hydroxylation is 1. The van der Waals surface area contributed by atoms with Gasteiger partial charge in [0, 0.05) is 26.3 Å². The van der Waals surface area contributed by atoms with Gasteiger partial charge in [0.1, 0.15) is 5.65 Å². The average Bonchev–Trinajstić information content (AvgIpc) is 3.11. The lowest BCUT2D eigenvalue weighted by atomic mass is 10.1. The smallest absolute Gasteiger partial charge is 0.274 e.